The molecule has 0 atom stereocenters. The number of benzene rings is 3. The van der Waals surface area contributed by atoms with Gasteiger partial charge in [-0.25, -0.2) is 4.39 Å². The molecule has 0 unspecified atom stereocenters. The zero-order valence-electron chi connectivity index (χ0n) is 9.37. The van der Waals surface area contributed by atoms with Crippen molar-refractivity contribution >= 4 is 22.4 Å². The molecule has 0 saturated carbocycles. The van der Waals surface area contributed by atoms with E-state index in [4.69, 9.17) is 11.6 Å². The molecule has 4 rings (SSSR count). The van der Waals surface area contributed by atoms with Crippen molar-refractivity contribution in [1.29, 1.82) is 0 Å². The van der Waals surface area contributed by atoms with Crippen LogP contribution in [0.3, 0.4) is 0 Å². The summed E-state index contributed by atoms with van der Waals surface area (Å²) in [7, 11) is 0. The third-order valence-corrected chi connectivity index (χ3v) is 3.85. The van der Waals surface area contributed by atoms with E-state index in [1.807, 2.05) is 42.5 Å². The average Bonchev–Trinajstić information content (AvgIpc) is 2.72. The lowest BCUT2D eigenvalue weighted by molar-refractivity contribution is 0.632. The minimum Gasteiger partial charge on any atom is -0.205 e. The highest BCUT2D eigenvalue weighted by Gasteiger charge is 2.24. The molecule has 0 spiro atoms. The standard InChI is InChI=1S/C16H8ClF/c17-13-8-7-11-10-5-1-3-9-4-2-6-12(14(9)10)15(11)16(13)18/h1-8H. The van der Waals surface area contributed by atoms with E-state index < -0.39 is 0 Å². The Hall–Kier alpha value is -1.86. The van der Waals surface area contributed by atoms with Gasteiger partial charge in [0, 0.05) is 5.56 Å². The zero-order valence-corrected chi connectivity index (χ0v) is 10.1. The molecule has 0 bridgehead atoms. The maximum Gasteiger partial charge on any atom is 0.150 e. The molecule has 0 N–H and O–H groups in total. The first kappa shape index (κ1) is 10.1. The van der Waals surface area contributed by atoms with Gasteiger partial charge in [0.05, 0.1) is 5.02 Å². The second-order valence-electron chi connectivity index (χ2n) is 4.49. The van der Waals surface area contributed by atoms with Crippen molar-refractivity contribution in [3.8, 4) is 22.3 Å². The first-order chi connectivity index (χ1) is 8.77. The molecule has 3 aromatic rings. The highest BCUT2D eigenvalue weighted by Crippen LogP contribution is 2.49. The Labute approximate surface area is 109 Å². The van der Waals surface area contributed by atoms with Gasteiger partial charge in [0.15, 0.2) is 0 Å². The van der Waals surface area contributed by atoms with Crippen LogP contribution in [-0.4, -0.2) is 0 Å². The van der Waals surface area contributed by atoms with Crippen LogP contribution in [0.1, 0.15) is 0 Å². The second-order valence-corrected chi connectivity index (χ2v) is 4.90. The Morgan fingerprint density at radius 2 is 1.50 bits per heavy atom. The fourth-order valence-electron chi connectivity index (χ4n) is 2.81. The predicted molar refractivity (Wildman–Crippen MR) is 73.3 cm³/mol. The number of fused-ring (bicyclic) bond motifs is 3. The molecule has 18 heavy (non-hydrogen) atoms. The van der Waals surface area contributed by atoms with E-state index >= 15 is 0 Å². The van der Waals surface area contributed by atoms with Crippen LogP contribution >= 0.6 is 11.6 Å². The summed E-state index contributed by atoms with van der Waals surface area (Å²) in [5.41, 5.74) is 3.60. The van der Waals surface area contributed by atoms with Crippen molar-refractivity contribution < 1.29 is 4.39 Å². The van der Waals surface area contributed by atoms with Crippen molar-refractivity contribution in [2.75, 3.05) is 0 Å². The minimum atomic E-state index is -0.321. The van der Waals surface area contributed by atoms with Gasteiger partial charge < -0.3 is 0 Å². The van der Waals surface area contributed by atoms with Crippen LogP contribution in [0.15, 0.2) is 48.5 Å². The summed E-state index contributed by atoms with van der Waals surface area (Å²) in [4.78, 5) is 0. The number of hydrogen-bond acceptors (Lipinski definition) is 0. The van der Waals surface area contributed by atoms with Crippen LogP contribution in [-0.2, 0) is 0 Å². The van der Waals surface area contributed by atoms with Crippen LogP contribution in [0, 0.1) is 5.82 Å². The minimum absolute atomic E-state index is 0.179. The second kappa shape index (κ2) is 3.33. The van der Waals surface area contributed by atoms with Gasteiger partial charge in [-0.2, -0.15) is 0 Å². The molecule has 2 heteroatoms. The van der Waals surface area contributed by atoms with E-state index in [1.54, 1.807) is 6.07 Å². The van der Waals surface area contributed by atoms with Crippen LogP contribution in [0.25, 0.3) is 33.0 Å². The highest BCUT2D eigenvalue weighted by atomic mass is 35.5. The molecule has 0 aromatic heterocycles. The van der Waals surface area contributed by atoms with Gasteiger partial charge in [0.2, 0.25) is 0 Å². The largest absolute Gasteiger partial charge is 0.205 e. The summed E-state index contributed by atoms with van der Waals surface area (Å²) in [5.74, 6) is -0.321. The quantitative estimate of drug-likeness (QED) is 0.400. The predicted octanol–water partition coefficient (Wildman–Crippen LogP) is 5.28. The highest BCUT2D eigenvalue weighted by molar-refractivity contribution is 6.31. The molecule has 0 fully saturated rings. The van der Waals surface area contributed by atoms with Crippen molar-refractivity contribution in [2.45, 2.75) is 0 Å². The normalized spacial score (nSPS) is 11.9. The molecule has 1 aliphatic rings. The number of rotatable bonds is 0. The van der Waals surface area contributed by atoms with Crippen LogP contribution in [0.5, 0.6) is 0 Å². The molecule has 0 saturated heterocycles. The van der Waals surface area contributed by atoms with Crippen LogP contribution in [0.4, 0.5) is 4.39 Å². The van der Waals surface area contributed by atoms with Gasteiger partial charge in [-0.3, -0.25) is 0 Å². The third kappa shape index (κ3) is 1.10. The Kier molecular flexibility index (Phi) is 1.87. The van der Waals surface area contributed by atoms with E-state index in [1.165, 1.54) is 0 Å². The van der Waals surface area contributed by atoms with Crippen molar-refractivity contribution in [3.05, 3.63) is 59.4 Å². The molecule has 0 heterocycles. The maximum atomic E-state index is 14.3. The Morgan fingerprint density at radius 1 is 0.778 bits per heavy atom. The third-order valence-electron chi connectivity index (χ3n) is 3.56. The zero-order chi connectivity index (χ0) is 12.3. The van der Waals surface area contributed by atoms with Gasteiger partial charge >= 0.3 is 0 Å². The lowest BCUT2D eigenvalue weighted by Gasteiger charge is -2.04. The Morgan fingerprint density at radius 3 is 2.28 bits per heavy atom. The van der Waals surface area contributed by atoms with Crippen molar-refractivity contribution in [1.82, 2.24) is 0 Å². The fraction of sp³-hybridized carbons (Fsp3) is 0. The fourth-order valence-corrected chi connectivity index (χ4v) is 2.97. The molecular formula is C16H8ClF. The van der Waals surface area contributed by atoms with Crippen LogP contribution in [0.2, 0.25) is 5.02 Å². The first-order valence-electron chi connectivity index (χ1n) is 5.78. The number of halogens is 2. The Bertz CT molecular complexity index is 800. The SMILES string of the molecule is Fc1c(Cl)ccc2c1-c1cccc3cccc-2c13. The van der Waals surface area contributed by atoms with E-state index in [2.05, 4.69) is 0 Å². The lowest BCUT2D eigenvalue weighted by Crippen LogP contribution is -1.84. The van der Waals surface area contributed by atoms with E-state index in [-0.39, 0.29) is 10.8 Å². The van der Waals surface area contributed by atoms with Gasteiger partial charge in [-0.05, 0) is 33.5 Å². The summed E-state index contributed by atoms with van der Waals surface area (Å²) >= 11 is 5.90. The van der Waals surface area contributed by atoms with Gasteiger partial charge in [0.1, 0.15) is 5.82 Å². The van der Waals surface area contributed by atoms with E-state index in [0.29, 0.717) is 5.56 Å². The molecule has 0 amide bonds. The monoisotopic (exact) mass is 254 g/mol. The smallest absolute Gasteiger partial charge is 0.150 e. The van der Waals surface area contributed by atoms with Crippen molar-refractivity contribution in [2.24, 2.45) is 0 Å². The average molecular weight is 255 g/mol. The molecule has 1 aliphatic carbocycles. The summed E-state index contributed by atoms with van der Waals surface area (Å²) < 4.78 is 14.3. The molecule has 86 valence electrons. The molecule has 0 aliphatic heterocycles. The topological polar surface area (TPSA) is 0 Å². The molecule has 3 aromatic carbocycles. The van der Waals surface area contributed by atoms with Gasteiger partial charge in [0.25, 0.3) is 0 Å². The lowest BCUT2D eigenvalue weighted by atomic mass is 10.0. The van der Waals surface area contributed by atoms with E-state index in [0.717, 1.165) is 27.5 Å². The number of hydrogen-bond donors (Lipinski definition) is 0. The van der Waals surface area contributed by atoms with Crippen LogP contribution < -0.4 is 0 Å². The summed E-state index contributed by atoms with van der Waals surface area (Å²) in [6.45, 7) is 0. The van der Waals surface area contributed by atoms with E-state index in [9.17, 15) is 4.39 Å². The molecule has 0 nitrogen and oxygen atoms in total. The summed E-state index contributed by atoms with van der Waals surface area (Å²) in [6, 6.07) is 15.6. The maximum absolute atomic E-state index is 14.3. The summed E-state index contributed by atoms with van der Waals surface area (Å²) in [5, 5.41) is 2.44. The van der Waals surface area contributed by atoms with Gasteiger partial charge in [-0.1, -0.05) is 54.1 Å². The Balaban J connectivity index is 2.28. The van der Waals surface area contributed by atoms with Gasteiger partial charge in [-0.15, -0.1) is 0 Å². The summed E-state index contributed by atoms with van der Waals surface area (Å²) in [6.07, 6.45) is 0. The molecule has 0 radical (unpaired) electrons. The van der Waals surface area contributed by atoms with Crippen molar-refractivity contribution in [3.63, 3.8) is 0 Å². The first-order valence-corrected chi connectivity index (χ1v) is 6.15. The molecular weight excluding hydrogens is 247 g/mol.